The van der Waals surface area contributed by atoms with Crippen LogP contribution in [0.2, 0.25) is 0 Å². The number of carbonyl (C=O) groups is 3. The fraction of sp³-hybridized carbons (Fsp3) is 0.837. The third-order valence-corrected chi connectivity index (χ3v) is 10.8. The summed E-state index contributed by atoms with van der Waals surface area (Å²) in [5, 5.41) is 20.6. The molecule has 0 heterocycles. The van der Waals surface area contributed by atoms with Crippen molar-refractivity contribution in [3.8, 4) is 0 Å². The summed E-state index contributed by atoms with van der Waals surface area (Å²) in [4.78, 5) is 55.6. The molecule has 320 valence electrons. The number of hydrogen-bond donors (Lipinski definition) is 4. The van der Waals surface area contributed by atoms with E-state index in [1.54, 1.807) is 12.2 Å². The largest absolute Gasteiger partial charge is 0.469 e. The number of aliphatic hydroxyl groups is 2. The molecule has 1 aliphatic carbocycles. The first-order chi connectivity index (χ1) is 26.5. The van der Waals surface area contributed by atoms with E-state index in [-0.39, 0.29) is 43.5 Å². The fourth-order valence-electron chi connectivity index (χ4n) is 7.00. The second-order valence-corrected chi connectivity index (χ2v) is 16.7. The number of unbranched alkanes of at least 4 members (excludes halogenated alkanes) is 19. The normalized spacial score (nSPS) is 18.7. The van der Waals surface area contributed by atoms with Gasteiger partial charge in [0.05, 0.1) is 18.8 Å². The average Bonchev–Trinajstić information content (AvgIpc) is 3.41. The average molecular weight is 801 g/mol. The van der Waals surface area contributed by atoms with Gasteiger partial charge >= 0.3 is 19.8 Å². The molecule has 0 aromatic carbocycles. The quantitative estimate of drug-likeness (QED) is 0.0205. The van der Waals surface area contributed by atoms with Crippen LogP contribution < -0.4 is 0 Å². The highest BCUT2D eigenvalue weighted by Gasteiger charge is 2.39. The number of phosphoric acid groups is 1. The molecule has 0 radical (unpaired) electrons. The molecule has 0 spiro atoms. The summed E-state index contributed by atoms with van der Waals surface area (Å²) in [6.45, 7) is 3.37. The van der Waals surface area contributed by atoms with Crippen molar-refractivity contribution in [3.63, 3.8) is 0 Å². The predicted molar refractivity (Wildman–Crippen MR) is 217 cm³/mol. The fourth-order valence-corrected chi connectivity index (χ4v) is 7.36. The third kappa shape index (κ3) is 29.1. The lowest BCUT2D eigenvalue weighted by Crippen LogP contribution is -2.29. The molecule has 1 rings (SSSR count). The minimum absolute atomic E-state index is 0.00551. The van der Waals surface area contributed by atoms with Crippen LogP contribution in [0.15, 0.2) is 24.3 Å². The molecule has 1 saturated carbocycles. The first kappa shape index (κ1) is 51.1. The van der Waals surface area contributed by atoms with Gasteiger partial charge in [0.25, 0.3) is 0 Å². The van der Waals surface area contributed by atoms with E-state index in [1.807, 2.05) is 12.2 Å². The highest BCUT2D eigenvalue weighted by molar-refractivity contribution is 7.46. The van der Waals surface area contributed by atoms with E-state index in [0.717, 1.165) is 38.5 Å². The van der Waals surface area contributed by atoms with E-state index in [2.05, 4.69) is 18.4 Å². The van der Waals surface area contributed by atoms with Gasteiger partial charge in [-0.05, 0) is 32.1 Å². The lowest BCUT2D eigenvalue weighted by Gasteiger charge is -2.18. The number of rotatable bonds is 36. The highest BCUT2D eigenvalue weighted by Crippen LogP contribution is 2.36. The second kappa shape index (κ2) is 33.1. The molecule has 55 heavy (non-hydrogen) atoms. The maximum absolute atomic E-state index is 12.5. The van der Waals surface area contributed by atoms with Gasteiger partial charge in [0.1, 0.15) is 12.4 Å². The van der Waals surface area contributed by atoms with Crippen molar-refractivity contribution in [3.05, 3.63) is 24.3 Å². The zero-order chi connectivity index (χ0) is 40.6. The summed E-state index contributed by atoms with van der Waals surface area (Å²) in [5.74, 6) is -1.79. The Balaban J connectivity index is 2.26. The Hall–Kier alpha value is -1.88. The lowest BCUT2D eigenvalue weighted by atomic mass is 9.90. The summed E-state index contributed by atoms with van der Waals surface area (Å²) in [6, 6.07) is 0. The first-order valence-corrected chi connectivity index (χ1v) is 23.3. The van der Waals surface area contributed by atoms with Gasteiger partial charge in [-0.15, -0.1) is 0 Å². The number of hydrogen-bond acceptors (Lipinski definition) is 9. The SMILES string of the molecule is CCCCCCCCCCCCCCCCCCCC(=O)O[C@H](COC(=O)CCC/C=C\C[C@H]1C(=O)C[C@@H](O)[C@@H]1/C=C/[C@@H](O)CCCCC)COP(=O)(O)O. The van der Waals surface area contributed by atoms with Crippen molar-refractivity contribution in [1.29, 1.82) is 0 Å². The zero-order valence-corrected chi connectivity index (χ0v) is 35.2. The van der Waals surface area contributed by atoms with Gasteiger partial charge in [-0.1, -0.05) is 160 Å². The number of ether oxygens (including phenoxy) is 2. The molecule has 4 N–H and O–H groups in total. The Morgan fingerprint density at radius 1 is 0.745 bits per heavy atom. The maximum Gasteiger partial charge on any atom is 0.469 e. The van der Waals surface area contributed by atoms with E-state index < -0.39 is 44.7 Å². The Morgan fingerprint density at radius 2 is 1.27 bits per heavy atom. The van der Waals surface area contributed by atoms with Crippen molar-refractivity contribution in [2.45, 2.75) is 206 Å². The minimum atomic E-state index is -4.82. The molecule has 0 unspecified atom stereocenters. The van der Waals surface area contributed by atoms with Crippen molar-refractivity contribution >= 4 is 25.5 Å². The Morgan fingerprint density at radius 3 is 1.84 bits per heavy atom. The summed E-state index contributed by atoms with van der Waals surface area (Å²) in [7, 11) is -4.82. The number of esters is 2. The van der Waals surface area contributed by atoms with Crippen LogP contribution in [0.25, 0.3) is 0 Å². The molecule has 11 nitrogen and oxygen atoms in total. The maximum atomic E-state index is 12.5. The lowest BCUT2D eigenvalue weighted by molar-refractivity contribution is -0.161. The summed E-state index contributed by atoms with van der Waals surface area (Å²) in [5.41, 5.74) is 0. The molecule has 0 aromatic heterocycles. The molecule has 12 heteroatoms. The van der Waals surface area contributed by atoms with Crippen LogP contribution >= 0.6 is 7.82 Å². The van der Waals surface area contributed by atoms with Gasteiger partial charge in [0.2, 0.25) is 0 Å². The van der Waals surface area contributed by atoms with E-state index in [0.29, 0.717) is 32.1 Å². The summed E-state index contributed by atoms with van der Waals surface area (Å²) < 4.78 is 26.4. The molecule has 0 amide bonds. The molecular weight excluding hydrogens is 723 g/mol. The van der Waals surface area contributed by atoms with Gasteiger partial charge in [-0.2, -0.15) is 0 Å². The van der Waals surface area contributed by atoms with E-state index in [9.17, 15) is 29.2 Å². The standard InChI is InChI=1S/C43H77O11P/c1-3-5-7-8-9-10-11-12-13-14-15-16-17-18-19-20-26-30-43(48)54-37(35-53-55(49,50)51)34-52-42(47)29-25-22-21-24-28-38-39(41(46)33-40(38)45)32-31-36(44)27-23-6-4-2/h21,24,31-32,36-39,41,44,46H,3-20,22-23,25-30,33-35H2,1-2H3,(H2,49,50,51)/b24-21-,32-31+/t36-,37+,38+,39+,41+/m0/s1. The molecule has 1 fully saturated rings. The molecule has 0 bridgehead atoms. The van der Waals surface area contributed by atoms with Crippen LogP contribution in [0.1, 0.15) is 187 Å². The van der Waals surface area contributed by atoms with Crippen molar-refractivity contribution in [2.75, 3.05) is 13.2 Å². The molecule has 0 saturated heterocycles. The number of allylic oxidation sites excluding steroid dienone is 2. The van der Waals surface area contributed by atoms with Gasteiger partial charge in [0.15, 0.2) is 6.10 Å². The van der Waals surface area contributed by atoms with Crippen LogP contribution in [0.3, 0.4) is 0 Å². The van der Waals surface area contributed by atoms with E-state index in [4.69, 9.17) is 19.3 Å². The number of ketones is 1. The van der Waals surface area contributed by atoms with Crippen LogP contribution in [0, 0.1) is 11.8 Å². The highest BCUT2D eigenvalue weighted by atomic mass is 31.2. The number of phosphoric ester groups is 1. The monoisotopic (exact) mass is 801 g/mol. The van der Waals surface area contributed by atoms with Crippen molar-refractivity contribution in [2.24, 2.45) is 11.8 Å². The molecular formula is C43H77O11P. The predicted octanol–water partition coefficient (Wildman–Crippen LogP) is 9.77. The number of carbonyl (C=O) groups excluding carboxylic acids is 3. The van der Waals surface area contributed by atoms with Crippen LogP contribution in [-0.2, 0) is 32.9 Å². The van der Waals surface area contributed by atoms with Gasteiger partial charge in [-0.25, -0.2) is 4.57 Å². The van der Waals surface area contributed by atoms with Crippen molar-refractivity contribution in [1.82, 2.24) is 0 Å². The number of aliphatic hydroxyl groups excluding tert-OH is 2. The molecule has 0 aromatic rings. The van der Waals surface area contributed by atoms with Gasteiger partial charge in [0, 0.05) is 31.1 Å². The summed E-state index contributed by atoms with van der Waals surface area (Å²) in [6.07, 6.45) is 31.2. The Bertz CT molecular complexity index is 1100. The van der Waals surface area contributed by atoms with E-state index in [1.165, 1.54) is 83.5 Å². The van der Waals surface area contributed by atoms with Crippen LogP contribution in [0.5, 0.6) is 0 Å². The number of Topliss-reactive ketones (excluding diaryl/α,β-unsaturated/α-hetero) is 1. The first-order valence-electron chi connectivity index (χ1n) is 21.7. The van der Waals surface area contributed by atoms with Crippen LogP contribution in [0.4, 0.5) is 0 Å². The Labute approximate surface area is 332 Å². The van der Waals surface area contributed by atoms with E-state index >= 15 is 0 Å². The topological polar surface area (TPSA) is 177 Å². The summed E-state index contributed by atoms with van der Waals surface area (Å²) >= 11 is 0. The van der Waals surface area contributed by atoms with Gasteiger partial charge in [-0.3, -0.25) is 18.9 Å². The molecule has 5 atom stereocenters. The van der Waals surface area contributed by atoms with Crippen LogP contribution in [-0.4, -0.2) is 69.2 Å². The molecule has 0 aliphatic heterocycles. The zero-order valence-electron chi connectivity index (χ0n) is 34.3. The van der Waals surface area contributed by atoms with Gasteiger partial charge < -0.3 is 29.5 Å². The molecule has 1 aliphatic rings. The third-order valence-electron chi connectivity index (χ3n) is 10.3. The van der Waals surface area contributed by atoms with Crippen molar-refractivity contribution < 1.29 is 52.9 Å². The Kier molecular flexibility index (Phi) is 30.8. The smallest absolute Gasteiger partial charge is 0.462 e. The second-order valence-electron chi connectivity index (χ2n) is 15.5. The minimum Gasteiger partial charge on any atom is -0.462 e.